The van der Waals surface area contributed by atoms with E-state index in [1.54, 1.807) is 17.7 Å². The van der Waals surface area contributed by atoms with Crippen molar-refractivity contribution in [3.8, 4) is 0 Å². The van der Waals surface area contributed by atoms with Crippen molar-refractivity contribution in [3.05, 3.63) is 41.7 Å². The van der Waals surface area contributed by atoms with Gasteiger partial charge in [-0.15, -0.1) is 11.3 Å². The van der Waals surface area contributed by atoms with Crippen molar-refractivity contribution in [1.82, 2.24) is 18.9 Å². The minimum atomic E-state index is 0.477. The normalized spacial score (nSPS) is 11.3. The fourth-order valence-corrected chi connectivity index (χ4v) is 2.36. The SMILES string of the molecule is NCc1cn(Cc2cn3ccsc3n2)cn1. The lowest BCUT2D eigenvalue weighted by Gasteiger charge is -1.96. The number of thiazole rings is 1. The molecular formula is C10H11N5S. The average molecular weight is 233 g/mol. The standard InChI is InChI=1S/C10H11N5S/c11-3-8-4-14(7-12-8)5-9-6-15-1-2-16-10(15)13-9/h1-2,4,6-7H,3,5,11H2. The van der Waals surface area contributed by atoms with E-state index in [4.69, 9.17) is 5.73 Å². The third-order valence-electron chi connectivity index (χ3n) is 2.38. The Bertz CT molecular complexity index is 577. The van der Waals surface area contributed by atoms with E-state index in [9.17, 15) is 0 Å². The fraction of sp³-hybridized carbons (Fsp3) is 0.200. The summed E-state index contributed by atoms with van der Waals surface area (Å²) in [6, 6.07) is 0. The van der Waals surface area contributed by atoms with Crippen molar-refractivity contribution < 1.29 is 0 Å². The number of aromatic nitrogens is 4. The zero-order valence-electron chi connectivity index (χ0n) is 8.58. The summed E-state index contributed by atoms with van der Waals surface area (Å²) in [5.41, 5.74) is 7.45. The summed E-state index contributed by atoms with van der Waals surface area (Å²) in [6.07, 6.45) is 7.78. The molecule has 3 rings (SSSR count). The molecule has 0 saturated carbocycles. The molecule has 16 heavy (non-hydrogen) atoms. The molecule has 82 valence electrons. The van der Waals surface area contributed by atoms with Crippen LogP contribution < -0.4 is 5.73 Å². The number of hydrogen-bond donors (Lipinski definition) is 1. The Kier molecular flexibility index (Phi) is 2.23. The van der Waals surface area contributed by atoms with Crippen LogP contribution in [0.2, 0.25) is 0 Å². The Labute approximate surface area is 96.2 Å². The van der Waals surface area contributed by atoms with Gasteiger partial charge in [-0.25, -0.2) is 9.97 Å². The topological polar surface area (TPSA) is 61.1 Å². The van der Waals surface area contributed by atoms with Gasteiger partial charge in [0.1, 0.15) is 0 Å². The summed E-state index contributed by atoms with van der Waals surface area (Å²) in [4.78, 5) is 9.71. The molecule has 0 spiro atoms. The number of imidazole rings is 2. The van der Waals surface area contributed by atoms with E-state index in [-0.39, 0.29) is 0 Å². The molecule has 3 aromatic rings. The van der Waals surface area contributed by atoms with Gasteiger partial charge in [0.25, 0.3) is 0 Å². The predicted octanol–water partition coefficient (Wildman–Crippen LogP) is 1.10. The van der Waals surface area contributed by atoms with Crippen molar-refractivity contribution in [3.63, 3.8) is 0 Å². The summed E-state index contributed by atoms with van der Waals surface area (Å²) >= 11 is 1.64. The van der Waals surface area contributed by atoms with Gasteiger partial charge in [0.05, 0.1) is 24.3 Å². The maximum atomic E-state index is 5.51. The molecule has 0 fully saturated rings. The Hall–Kier alpha value is -1.66. The van der Waals surface area contributed by atoms with Crippen LogP contribution in [0.15, 0.2) is 30.3 Å². The van der Waals surface area contributed by atoms with Gasteiger partial charge < -0.3 is 10.3 Å². The second-order valence-electron chi connectivity index (χ2n) is 3.57. The highest BCUT2D eigenvalue weighted by Gasteiger charge is 2.03. The van der Waals surface area contributed by atoms with Gasteiger partial charge in [-0.2, -0.15) is 0 Å². The van der Waals surface area contributed by atoms with Gasteiger partial charge in [-0.1, -0.05) is 0 Å². The van der Waals surface area contributed by atoms with Crippen LogP contribution >= 0.6 is 11.3 Å². The second kappa shape index (κ2) is 3.73. The molecule has 0 aliphatic carbocycles. The summed E-state index contributed by atoms with van der Waals surface area (Å²) in [7, 11) is 0. The highest BCUT2D eigenvalue weighted by atomic mass is 32.1. The molecule has 0 aromatic carbocycles. The van der Waals surface area contributed by atoms with Crippen LogP contribution in [0.5, 0.6) is 0 Å². The lowest BCUT2D eigenvalue weighted by Crippen LogP contribution is -1.98. The maximum absolute atomic E-state index is 5.51. The molecule has 0 amide bonds. The summed E-state index contributed by atoms with van der Waals surface area (Å²) in [6.45, 7) is 1.21. The molecule has 0 saturated heterocycles. The van der Waals surface area contributed by atoms with Crippen molar-refractivity contribution >= 4 is 16.3 Å². The van der Waals surface area contributed by atoms with Gasteiger partial charge in [0.2, 0.25) is 0 Å². The van der Waals surface area contributed by atoms with E-state index >= 15 is 0 Å². The van der Waals surface area contributed by atoms with Crippen molar-refractivity contribution in [2.24, 2.45) is 5.73 Å². The van der Waals surface area contributed by atoms with Gasteiger partial charge >= 0.3 is 0 Å². The van der Waals surface area contributed by atoms with Crippen LogP contribution in [0.4, 0.5) is 0 Å². The van der Waals surface area contributed by atoms with Crippen LogP contribution in [0, 0.1) is 0 Å². The molecule has 0 unspecified atom stereocenters. The third kappa shape index (κ3) is 1.62. The minimum absolute atomic E-state index is 0.477. The lowest BCUT2D eigenvalue weighted by atomic mass is 10.4. The van der Waals surface area contributed by atoms with Gasteiger partial charge in [0.15, 0.2) is 4.96 Å². The molecule has 2 N–H and O–H groups in total. The Morgan fingerprint density at radius 3 is 3.00 bits per heavy atom. The minimum Gasteiger partial charge on any atom is -0.331 e. The summed E-state index contributed by atoms with van der Waals surface area (Å²) < 4.78 is 4.02. The largest absolute Gasteiger partial charge is 0.331 e. The molecule has 0 aliphatic rings. The monoisotopic (exact) mass is 233 g/mol. The van der Waals surface area contributed by atoms with Gasteiger partial charge in [-0.3, -0.25) is 4.40 Å². The predicted molar refractivity (Wildman–Crippen MR) is 62.3 cm³/mol. The fourth-order valence-electron chi connectivity index (χ4n) is 1.64. The van der Waals surface area contributed by atoms with Crippen molar-refractivity contribution in [2.75, 3.05) is 0 Å². The molecule has 0 radical (unpaired) electrons. The molecule has 0 bridgehead atoms. The first kappa shape index (κ1) is 9.56. The first-order valence-corrected chi connectivity index (χ1v) is 5.85. The van der Waals surface area contributed by atoms with E-state index in [0.717, 1.165) is 22.9 Å². The average Bonchev–Trinajstić information content (AvgIpc) is 2.92. The van der Waals surface area contributed by atoms with E-state index in [2.05, 4.69) is 9.97 Å². The smallest absolute Gasteiger partial charge is 0.193 e. The number of nitrogens with two attached hydrogens (primary N) is 1. The first-order chi connectivity index (χ1) is 7.85. The molecular weight excluding hydrogens is 222 g/mol. The van der Waals surface area contributed by atoms with Crippen LogP contribution in [-0.2, 0) is 13.1 Å². The van der Waals surface area contributed by atoms with Crippen LogP contribution in [0.3, 0.4) is 0 Å². The van der Waals surface area contributed by atoms with Gasteiger partial charge in [0, 0.05) is 30.5 Å². The summed E-state index contributed by atoms with van der Waals surface area (Å²) in [5.74, 6) is 0. The van der Waals surface area contributed by atoms with E-state index in [1.165, 1.54) is 0 Å². The Morgan fingerprint density at radius 1 is 1.31 bits per heavy atom. The van der Waals surface area contributed by atoms with E-state index in [1.807, 2.05) is 32.9 Å². The van der Waals surface area contributed by atoms with Crippen molar-refractivity contribution in [2.45, 2.75) is 13.1 Å². The van der Waals surface area contributed by atoms with E-state index < -0.39 is 0 Å². The molecule has 5 nitrogen and oxygen atoms in total. The van der Waals surface area contributed by atoms with Crippen LogP contribution in [-0.4, -0.2) is 18.9 Å². The summed E-state index contributed by atoms with van der Waals surface area (Å²) in [5, 5.41) is 2.02. The maximum Gasteiger partial charge on any atom is 0.193 e. The quantitative estimate of drug-likeness (QED) is 0.737. The Balaban J connectivity index is 1.86. The number of fused-ring (bicyclic) bond motifs is 1. The van der Waals surface area contributed by atoms with Crippen LogP contribution in [0.25, 0.3) is 4.96 Å². The number of rotatable bonds is 3. The zero-order chi connectivity index (χ0) is 11.0. The molecule has 0 aliphatic heterocycles. The Morgan fingerprint density at radius 2 is 2.25 bits per heavy atom. The van der Waals surface area contributed by atoms with Gasteiger partial charge in [-0.05, 0) is 0 Å². The highest BCUT2D eigenvalue weighted by Crippen LogP contribution is 2.12. The zero-order valence-corrected chi connectivity index (χ0v) is 9.39. The molecule has 0 atom stereocenters. The molecule has 6 heteroatoms. The highest BCUT2D eigenvalue weighted by molar-refractivity contribution is 7.15. The second-order valence-corrected chi connectivity index (χ2v) is 4.44. The molecule has 3 heterocycles. The number of nitrogens with zero attached hydrogens (tertiary/aromatic N) is 4. The first-order valence-electron chi connectivity index (χ1n) is 4.97. The molecule has 3 aromatic heterocycles. The van der Waals surface area contributed by atoms with Crippen LogP contribution in [0.1, 0.15) is 11.4 Å². The lowest BCUT2D eigenvalue weighted by molar-refractivity contribution is 0.778. The van der Waals surface area contributed by atoms with E-state index in [0.29, 0.717) is 6.54 Å². The third-order valence-corrected chi connectivity index (χ3v) is 3.15. The van der Waals surface area contributed by atoms with Crippen molar-refractivity contribution in [1.29, 1.82) is 0 Å². The number of hydrogen-bond acceptors (Lipinski definition) is 4.